The number of hydrogen-bond donors (Lipinski definition) is 1. The van der Waals surface area contributed by atoms with E-state index < -0.39 is 0 Å². The highest BCUT2D eigenvalue weighted by atomic mass is 16.6. The molecule has 0 amide bonds. The molecule has 1 saturated heterocycles. The van der Waals surface area contributed by atoms with Gasteiger partial charge in [0.25, 0.3) is 0 Å². The molecule has 2 unspecified atom stereocenters. The van der Waals surface area contributed by atoms with E-state index >= 15 is 0 Å². The van der Waals surface area contributed by atoms with Crippen LogP contribution in [-0.2, 0) is 0 Å². The number of nitrogens with two attached hydrogens (primary N) is 1. The van der Waals surface area contributed by atoms with E-state index in [2.05, 4.69) is 11.9 Å². The molecule has 2 aromatic rings. The normalized spacial score (nSPS) is 22.4. The first-order chi connectivity index (χ1) is 9.58. The molecule has 0 saturated carbocycles. The number of nitrogens with zero attached hydrogens (tertiary/aromatic N) is 3. The lowest BCUT2D eigenvalue weighted by Crippen LogP contribution is -2.28. The number of nitro groups is 1. The van der Waals surface area contributed by atoms with Crippen LogP contribution in [-0.4, -0.2) is 29.0 Å². The maximum Gasteiger partial charge on any atom is 0.311 e. The van der Waals surface area contributed by atoms with Crippen LogP contribution in [0.25, 0.3) is 10.9 Å². The van der Waals surface area contributed by atoms with Crippen molar-refractivity contribution in [3.8, 4) is 0 Å². The monoisotopic (exact) mass is 272 g/mol. The predicted molar refractivity (Wildman–Crippen MR) is 77.7 cm³/mol. The first-order valence-electron chi connectivity index (χ1n) is 6.60. The first kappa shape index (κ1) is 12.8. The minimum absolute atomic E-state index is 0.0431. The zero-order valence-electron chi connectivity index (χ0n) is 11.2. The van der Waals surface area contributed by atoms with Gasteiger partial charge in [0.1, 0.15) is 11.9 Å². The average Bonchev–Trinajstić information content (AvgIpc) is 2.77. The van der Waals surface area contributed by atoms with Crippen LogP contribution in [0.5, 0.6) is 0 Å². The first-order valence-corrected chi connectivity index (χ1v) is 6.60. The second-order valence-corrected chi connectivity index (χ2v) is 5.31. The maximum atomic E-state index is 11.3. The Balaban J connectivity index is 2.20. The Bertz CT molecular complexity index is 663. The number of anilines is 1. The molecule has 1 aromatic carbocycles. The van der Waals surface area contributed by atoms with Crippen molar-refractivity contribution in [3.63, 3.8) is 0 Å². The Labute approximate surface area is 116 Å². The lowest BCUT2D eigenvalue weighted by Gasteiger charge is -2.19. The van der Waals surface area contributed by atoms with Crippen molar-refractivity contribution >= 4 is 22.3 Å². The lowest BCUT2D eigenvalue weighted by molar-refractivity contribution is -0.384. The van der Waals surface area contributed by atoms with Crippen molar-refractivity contribution in [1.29, 1.82) is 0 Å². The third kappa shape index (κ3) is 1.98. The molecule has 2 heterocycles. The summed E-state index contributed by atoms with van der Waals surface area (Å²) in [7, 11) is 0. The van der Waals surface area contributed by atoms with E-state index in [9.17, 15) is 10.1 Å². The van der Waals surface area contributed by atoms with Gasteiger partial charge in [-0.25, -0.2) is 4.98 Å². The molecule has 1 aliphatic heterocycles. The van der Waals surface area contributed by atoms with Crippen LogP contribution in [0.2, 0.25) is 0 Å². The van der Waals surface area contributed by atoms with E-state index in [-0.39, 0.29) is 16.7 Å². The highest BCUT2D eigenvalue weighted by molar-refractivity contribution is 5.96. The second kappa shape index (κ2) is 4.72. The highest BCUT2D eigenvalue weighted by Gasteiger charge is 2.32. The molecule has 104 valence electrons. The molecule has 20 heavy (non-hydrogen) atoms. The van der Waals surface area contributed by atoms with Crippen LogP contribution in [0.1, 0.15) is 6.92 Å². The largest absolute Gasteiger partial charge is 0.363 e. The zero-order valence-corrected chi connectivity index (χ0v) is 11.2. The SMILES string of the molecule is CC1CN(c2c([N+](=O)[O-])cnc3ccccc23)CC1N. The molecule has 1 aromatic heterocycles. The van der Waals surface area contributed by atoms with Crippen LogP contribution in [0.4, 0.5) is 11.4 Å². The number of benzene rings is 1. The lowest BCUT2D eigenvalue weighted by atomic mass is 10.1. The molecule has 2 N–H and O–H groups in total. The van der Waals surface area contributed by atoms with Crippen molar-refractivity contribution in [1.82, 2.24) is 4.98 Å². The van der Waals surface area contributed by atoms with Crippen LogP contribution in [0, 0.1) is 16.0 Å². The van der Waals surface area contributed by atoms with Gasteiger partial charge in [-0.3, -0.25) is 10.1 Å². The van der Waals surface area contributed by atoms with Crippen molar-refractivity contribution in [3.05, 3.63) is 40.6 Å². The van der Waals surface area contributed by atoms with Crippen molar-refractivity contribution in [2.75, 3.05) is 18.0 Å². The van der Waals surface area contributed by atoms with Crippen molar-refractivity contribution < 1.29 is 4.92 Å². The van der Waals surface area contributed by atoms with E-state index in [1.54, 1.807) is 0 Å². The van der Waals surface area contributed by atoms with Gasteiger partial charge in [-0.15, -0.1) is 0 Å². The fourth-order valence-corrected chi connectivity index (χ4v) is 2.76. The summed E-state index contributed by atoms with van der Waals surface area (Å²) in [6.45, 7) is 3.44. The quantitative estimate of drug-likeness (QED) is 0.667. The van der Waals surface area contributed by atoms with Gasteiger partial charge in [-0.05, 0) is 12.0 Å². The molecular weight excluding hydrogens is 256 g/mol. The predicted octanol–water partition coefficient (Wildman–Crippen LogP) is 1.93. The van der Waals surface area contributed by atoms with Gasteiger partial charge in [0.2, 0.25) is 0 Å². The molecular formula is C14H16N4O2. The van der Waals surface area contributed by atoms with Gasteiger partial charge >= 0.3 is 5.69 Å². The summed E-state index contributed by atoms with van der Waals surface area (Å²) in [6, 6.07) is 7.53. The smallest absolute Gasteiger partial charge is 0.311 e. The Morgan fingerprint density at radius 3 is 2.80 bits per heavy atom. The van der Waals surface area contributed by atoms with Crippen molar-refractivity contribution in [2.45, 2.75) is 13.0 Å². The summed E-state index contributed by atoms with van der Waals surface area (Å²) < 4.78 is 0. The number of pyridine rings is 1. The summed E-state index contributed by atoms with van der Waals surface area (Å²) in [5, 5.41) is 12.1. The van der Waals surface area contributed by atoms with E-state index in [0.29, 0.717) is 18.2 Å². The van der Waals surface area contributed by atoms with Crippen molar-refractivity contribution in [2.24, 2.45) is 11.7 Å². The summed E-state index contributed by atoms with van der Waals surface area (Å²) in [5.41, 5.74) is 7.50. The molecule has 1 fully saturated rings. The van der Waals surface area contributed by atoms with Crippen LogP contribution >= 0.6 is 0 Å². The Hall–Kier alpha value is -2.21. The van der Waals surface area contributed by atoms with E-state index in [1.165, 1.54) is 6.20 Å². The molecule has 0 aliphatic carbocycles. The third-order valence-corrected chi connectivity index (χ3v) is 3.91. The van der Waals surface area contributed by atoms with Gasteiger partial charge in [0, 0.05) is 24.5 Å². The van der Waals surface area contributed by atoms with Gasteiger partial charge < -0.3 is 10.6 Å². The summed E-state index contributed by atoms with van der Waals surface area (Å²) >= 11 is 0. The van der Waals surface area contributed by atoms with E-state index in [4.69, 9.17) is 5.73 Å². The fourth-order valence-electron chi connectivity index (χ4n) is 2.76. The third-order valence-electron chi connectivity index (χ3n) is 3.91. The molecule has 3 rings (SSSR count). The number of para-hydroxylation sites is 1. The van der Waals surface area contributed by atoms with Crippen LogP contribution in [0.3, 0.4) is 0 Å². The number of rotatable bonds is 2. The second-order valence-electron chi connectivity index (χ2n) is 5.31. The summed E-state index contributed by atoms with van der Waals surface area (Å²) in [4.78, 5) is 17.1. The minimum Gasteiger partial charge on any atom is -0.363 e. The Morgan fingerprint density at radius 1 is 1.40 bits per heavy atom. The van der Waals surface area contributed by atoms with Crippen LogP contribution in [0.15, 0.2) is 30.5 Å². The molecule has 1 aliphatic rings. The number of aromatic nitrogens is 1. The average molecular weight is 272 g/mol. The van der Waals surface area contributed by atoms with E-state index in [0.717, 1.165) is 17.4 Å². The molecule has 0 spiro atoms. The zero-order chi connectivity index (χ0) is 14.3. The Morgan fingerprint density at radius 2 is 2.15 bits per heavy atom. The highest BCUT2D eigenvalue weighted by Crippen LogP contribution is 2.37. The molecule has 6 nitrogen and oxygen atoms in total. The van der Waals surface area contributed by atoms with Gasteiger partial charge in [0.05, 0.1) is 10.4 Å². The van der Waals surface area contributed by atoms with Gasteiger partial charge in [-0.1, -0.05) is 25.1 Å². The Kier molecular flexibility index (Phi) is 3.02. The minimum atomic E-state index is -0.372. The molecule has 2 atom stereocenters. The molecule has 0 radical (unpaired) electrons. The summed E-state index contributed by atoms with van der Waals surface area (Å²) in [6.07, 6.45) is 1.34. The van der Waals surface area contributed by atoms with E-state index in [1.807, 2.05) is 29.2 Å². The standard InChI is InChI=1S/C14H16N4O2/c1-9-7-17(8-11(9)15)14-10-4-2-3-5-12(10)16-6-13(14)18(19)20/h2-6,9,11H,7-8,15H2,1H3. The molecule has 6 heteroatoms. The maximum absolute atomic E-state index is 11.3. The topological polar surface area (TPSA) is 85.3 Å². The summed E-state index contributed by atoms with van der Waals surface area (Å²) in [5.74, 6) is 0.321. The molecule has 0 bridgehead atoms. The van der Waals surface area contributed by atoms with Crippen LogP contribution < -0.4 is 10.6 Å². The number of fused-ring (bicyclic) bond motifs is 1. The van der Waals surface area contributed by atoms with Gasteiger partial charge in [-0.2, -0.15) is 0 Å². The van der Waals surface area contributed by atoms with Gasteiger partial charge in [0.15, 0.2) is 0 Å². The number of hydrogen-bond acceptors (Lipinski definition) is 5. The fraction of sp³-hybridized carbons (Fsp3) is 0.357.